The third kappa shape index (κ3) is 5.33. The van der Waals surface area contributed by atoms with E-state index in [1.165, 1.54) is 12.1 Å². The van der Waals surface area contributed by atoms with Crippen LogP contribution >= 0.6 is 0 Å². The van der Waals surface area contributed by atoms with Crippen LogP contribution in [0.4, 0.5) is 8.78 Å². The molecule has 0 aliphatic rings. The molecule has 2 rings (SSSR count). The van der Waals surface area contributed by atoms with Crippen LogP contribution in [0.25, 0.3) is 0 Å². The predicted molar refractivity (Wildman–Crippen MR) is 88.8 cm³/mol. The summed E-state index contributed by atoms with van der Waals surface area (Å²) in [6, 6.07) is 10.5. The van der Waals surface area contributed by atoms with Gasteiger partial charge in [0.25, 0.3) is 0 Å². The largest absolute Gasteiger partial charge is 0.494 e. The molecule has 3 nitrogen and oxygen atoms in total. The molecule has 128 valence electrons. The number of benzene rings is 2. The zero-order valence-electron chi connectivity index (χ0n) is 13.8. The molecule has 1 amide bonds. The number of halogens is 2. The van der Waals surface area contributed by atoms with E-state index in [1.807, 2.05) is 31.2 Å². The molecule has 0 radical (unpaired) electrons. The van der Waals surface area contributed by atoms with Gasteiger partial charge < -0.3 is 10.1 Å². The second-order valence-corrected chi connectivity index (χ2v) is 5.72. The molecule has 1 atom stereocenters. The van der Waals surface area contributed by atoms with Gasteiger partial charge in [0.1, 0.15) is 17.4 Å². The third-order valence-corrected chi connectivity index (χ3v) is 3.61. The fourth-order valence-electron chi connectivity index (χ4n) is 2.37. The van der Waals surface area contributed by atoms with Gasteiger partial charge in [-0.1, -0.05) is 18.2 Å². The fraction of sp³-hybridized carbons (Fsp3) is 0.316. The summed E-state index contributed by atoms with van der Waals surface area (Å²) in [6.45, 7) is 4.07. The fourth-order valence-corrected chi connectivity index (χ4v) is 2.37. The van der Waals surface area contributed by atoms with Crippen LogP contribution in [0.5, 0.6) is 5.75 Å². The molecule has 1 N–H and O–H groups in total. The van der Waals surface area contributed by atoms with Gasteiger partial charge in [0.15, 0.2) is 0 Å². The summed E-state index contributed by atoms with van der Waals surface area (Å²) in [5.74, 6) is -0.718. The summed E-state index contributed by atoms with van der Waals surface area (Å²) in [5.41, 5.74) is 1.38. The van der Waals surface area contributed by atoms with Crippen molar-refractivity contribution in [2.24, 2.45) is 0 Å². The molecule has 0 bridgehead atoms. The van der Waals surface area contributed by atoms with E-state index in [1.54, 1.807) is 6.92 Å². The van der Waals surface area contributed by atoms with Crippen LogP contribution in [0.1, 0.15) is 36.9 Å². The zero-order valence-corrected chi connectivity index (χ0v) is 13.8. The lowest BCUT2D eigenvalue weighted by molar-refractivity contribution is -0.121. The van der Waals surface area contributed by atoms with E-state index >= 15 is 0 Å². The first-order valence-electron chi connectivity index (χ1n) is 7.89. The van der Waals surface area contributed by atoms with E-state index in [9.17, 15) is 13.6 Å². The average molecular weight is 333 g/mol. The Kier molecular flexibility index (Phi) is 6.29. The summed E-state index contributed by atoms with van der Waals surface area (Å²) in [4.78, 5) is 11.9. The molecule has 0 spiro atoms. The van der Waals surface area contributed by atoms with Crippen molar-refractivity contribution in [2.75, 3.05) is 6.61 Å². The Morgan fingerprint density at radius 1 is 1.21 bits per heavy atom. The van der Waals surface area contributed by atoms with Crippen LogP contribution in [-0.4, -0.2) is 12.5 Å². The van der Waals surface area contributed by atoms with Gasteiger partial charge in [0, 0.05) is 18.1 Å². The molecule has 0 aliphatic heterocycles. The Morgan fingerprint density at radius 3 is 2.71 bits per heavy atom. The van der Waals surface area contributed by atoms with Crippen molar-refractivity contribution in [1.29, 1.82) is 0 Å². The molecule has 0 unspecified atom stereocenters. The first-order valence-corrected chi connectivity index (χ1v) is 7.89. The highest BCUT2D eigenvalue weighted by atomic mass is 19.1. The quantitative estimate of drug-likeness (QED) is 0.767. The number of nitrogens with one attached hydrogen (secondary N) is 1. The van der Waals surface area contributed by atoms with Crippen molar-refractivity contribution >= 4 is 5.91 Å². The minimum atomic E-state index is -0.661. The van der Waals surface area contributed by atoms with Crippen molar-refractivity contribution in [3.05, 3.63) is 65.2 Å². The lowest BCUT2D eigenvalue weighted by atomic mass is 10.1. The smallest absolute Gasteiger partial charge is 0.220 e. The lowest BCUT2D eigenvalue weighted by Crippen LogP contribution is -2.27. The van der Waals surface area contributed by atoms with Gasteiger partial charge >= 0.3 is 0 Å². The van der Waals surface area contributed by atoms with Gasteiger partial charge in [-0.3, -0.25) is 4.79 Å². The van der Waals surface area contributed by atoms with Crippen LogP contribution in [0, 0.1) is 18.6 Å². The Morgan fingerprint density at radius 2 is 2.00 bits per heavy atom. The standard InChI is InChI=1S/C19H21F2NO2/c1-13-5-3-6-16(11-13)24-10-4-7-19(23)22-14(2)17-9-8-15(20)12-18(17)21/h3,5-6,8-9,11-12,14H,4,7,10H2,1-2H3,(H,22,23)/t14-/m0/s1. The topological polar surface area (TPSA) is 38.3 Å². The second-order valence-electron chi connectivity index (χ2n) is 5.72. The van der Waals surface area contributed by atoms with Crippen LogP contribution in [0.3, 0.4) is 0 Å². The van der Waals surface area contributed by atoms with Crippen LogP contribution in [0.2, 0.25) is 0 Å². The van der Waals surface area contributed by atoms with Gasteiger partial charge in [-0.2, -0.15) is 0 Å². The normalized spacial score (nSPS) is 11.8. The monoisotopic (exact) mass is 333 g/mol. The highest BCUT2D eigenvalue weighted by molar-refractivity contribution is 5.76. The number of hydrogen-bond donors (Lipinski definition) is 1. The summed E-state index contributed by atoms with van der Waals surface area (Å²) < 4.78 is 32.1. The maximum absolute atomic E-state index is 13.7. The molecule has 0 aliphatic carbocycles. The highest BCUT2D eigenvalue weighted by Crippen LogP contribution is 2.18. The Labute approximate surface area is 140 Å². The molecule has 0 fully saturated rings. The molecular formula is C19H21F2NO2. The molecule has 0 saturated carbocycles. The SMILES string of the molecule is Cc1cccc(OCCCC(=O)N[C@@H](C)c2ccc(F)cc2F)c1. The molecule has 0 heterocycles. The van der Waals surface area contributed by atoms with Crippen molar-refractivity contribution < 1.29 is 18.3 Å². The number of hydrogen-bond acceptors (Lipinski definition) is 2. The lowest BCUT2D eigenvalue weighted by Gasteiger charge is -2.15. The summed E-state index contributed by atoms with van der Waals surface area (Å²) in [5, 5.41) is 2.71. The number of aryl methyl sites for hydroxylation is 1. The molecule has 0 saturated heterocycles. The maximum Gasteiger partial charge on any atom is 0.220 e. The first-order chi connectivity index (χ1) is 11.5. The van der Waals surface area contributed by atoms with E-state index in [2.05, 4.69) is 5.32 Å². The molecular weight excluding hydrogens is 312 g/mol. The molecule has 5 heteroatoms. The summed E-state index contributed by atoms with van der Waals surface area (Å²) in [7, 11) is 0. The maximum atomic E-state index is 13.7. The first kappa shape index (κ1) is 17.9. The Balaban J connectivity index is 1.74. The van der Waals surface area contributed by atoms with Crippen LogP contribution < -0.4 is 10.1 Å². The third-order valence-electron chi connectivity index (χ3n) is 3.61. The van der Waals surface area contributed by atoms with Crippen molar-refractivity contribution in [3.8, 4) is 5.75 Å². The van der Waals surface area contributed by atoms with E-state index in [-0.39, 0.29) is 17.9 Å². The zero-order chi connectivity index (χ0) is 17.5. The van der Waals surface area contributed by atoms with E-state index in [0.29, 0.717) is 13.0 Å². The Bertz CT molecular complexity index is 704. The van der Waals surface area contributed by atoms with Crippen molar-refractivity contribution in [3.63, 3.8) is 0 Å². The van der Waals surface area contributed by atoms with Gasteiger partial charge in [-0.25, -0.2) is 8.78 Å². The van der Waals surface area contributed by atoms with Crippen LogP contribution in [0.15, 0.2) is 42.5 Å². The number of carbonyl (C=O) groups excluding carboxylic acids is 1. The van der Waals surface area contributed by atoms with Gasteiger partial charge in [0.2, 0.25) is 5.91 Å². The molecule has 2 aromatic rings. The minimum absolute atomic E-state index is 0.195. The summed E-state index contributed by atoms with van der Waals surface area (Å²) in [6.07, 6.45) is 0.831. The van der Waals surface area contributed by atoms with Gasteiger partial charge in [0.05, 0.1) is 12.6 Å². The summed E-state index contributed by atoms with van der Waals surface area (Å²) >= 11 is 0. The number of amides is 1. The van der Waals surface area contributed by atoms with Gasteiger partial charge in [-0.05, 0) is 44.0 Å². The number of ether oxygens (including phenoxy) is 1. The second kappa shape index (κ2) is 8.43. The van der Waals surface area contributed by atoms with E-state index in [0.717, 1.165) is 17.4 Å². The van der Waals surface area contributed by atoms with Crippen LogP contribution in [-0.2, 0) is 4.79 Å². The van der Waals surface area contributed by atoms with E-state index in [4.69, 9.17) is 4.74 Å². The van der Waals surface area contributed by atoms with Gasteiger partial charge in [-0.15, -0.1) is 0 Å². The van der Waals surface area contributed by atoms with Crippen molar-refractivity contribution in [1.82, 2.24) is 5.32 Å². The highest BCUT2D eigenvalue weighted by Gasteiger charge is 2.14. The van der Waals surface area contributed by atoms with Crippen molar-refractivity contribution in [2.45, 2.75) is 32.7 Å². The minimum Gasteiger partial charge on any atom is -0.494 e. The molecule has 24 heavy (non-hydrogen) atoms. The molecule has 2 aromatic carbocycles. The number of carbonyl (C=O) groups is 1. The van der Waals surface area contributed by atoms with E-state index < -0.39 is 17.7 Å². The Hall–Kier alpha value is -2.43. The predicted octanol–water partition coefficient (Wildman–Crippen LogP) is 4.31. The average Bonchev–Trinajstić information content (AvgIpc) is 2.51. The molecule has 0 aromatic heterocycles. The number of rotatable bonds is 7.